The molecular formula is C36H56BrNO7P-. The number of alkyl halides is 1. The van der Waals surface area contributed by atoms with E-state index < -0.39 is 20.0 Å². The van der Waals surface area contributed by atoms with Crippen molar-refractivity contribution in [2.75, 3.05) is 31.7 Å². The van der Waals surface area contributed by atoms with Crippen LogP contribution in [-0.4, -0.2) is 48.8 Å². The molecule has 2 rings (SSSR count). The Morgan fingerprint density at radius 2 is 1.30 bits per heavy atom. The lowest BCUT2D eigenvalue weighted by Crippen LogP contribution is -2.40. The van der Waals surface area contributed by atoms with Crippen LogP contribution in [0.25, 0.3) is 0 Å². The predicted octanol–water partition coefficient (Wildman–Crippen LogP) is 9.59. The maximum absolute atomic E-state index is 13.2. The number of ether oxygens (including phenoxy) is 2. The van der Waals surface area contributed by atoms with Crippen LogP contribution in [0.4, 0.5) is 4.79 Å². The number of phosphoric ester groups is 1. The summed E-state index contributed by atoms with van der Waals surface area (Å²) < 4.78 is 34.4. The topological polar surface area (TPSA) is 97.4 Å². The number of phosphoric acid groups is 1. The molecule has 8 nitrogen and oxygen atoms in total. The smallest absolute Gasteiger partial charge is 0.410 e. The second-order valence-electron chi connectivity index (χ2n) is 11.8. The van der Waals surface area contributed by atoms with Crippen LogP contribution in [0.1, 0.15) is 108 Å². The van der Waals surface area contributed by atoms with Gasteiger partial charge in [0.25, 0.3) is 7.82 Å². The number of nitrogens with zero attached hydrogens (tertiary/aromatic N) is 1. The third-order valence-corrected chi connectivity index (χ3v) is 9.03. The lowest BCUT2D eigenvalue weighted by molar-refractivity contribution is -0.231. The van der Waals surface area contributed by atoms with Gasteiger partial charge in [0.05, 0.1) is 19.8 Å². The molecule has 0 heterocycles. The van der Waals surface area contributed by atoms with E-state index in [2.05, 4.69) is 22.9 Å². The van der Waals surface area contributed by atoms with Crippen LogP contribution >= 0.6 is 23.8 Å². The Morgan fingerprint density at radius 3 is 1.85 bits per heavy atom. The minimum atomic E-state index is -4.63. The molecule has 0 aliphatic heterocycles. The van der Waals surface area contributed by atoms with Crippen molar-refractivity contribution in [3.8, 4) is 0 Å². The van der Waals surface area contributed by atoms with Gasteiger partial charge in [-0.3, -0.25) is 4.57 Å². The summed E-state index contributed by atoms with van der Waals surface area (Å²) in [7, 11) is -4.63. The summed E-state index contributed by atoms with van der Waals surface area (Å²) in [5.74, 6) is 0. The zero-order chi connectivity index (χ0) is 33.1. The molecule has 0 aliphatic rings. The number of carbonyl (C=O) groups excluding carboxylic acids is 1. The number of carbonyl (C=O) groups is 1. The van der Waals surface area contributed by atoms with Crippen LogP contribution in [0.2, 0.25) is 0 Å². The van der Waals surface area contributed by atoms with Crippen LogP contribution in [0.3, 0.4) is 0 Å². The number of hydrogen-bond donors (Lipinski definition) is 0. The van der Waals surface area contributed by atoms with Crippen molar-refractivity contribution >= 4 is 29.8 Å². The van der Waals surface area contributed by atoms with Gasteiger partial charge < -0.3 is 28.3 Å². The molecule has 0 radical (unpaired) electrons. The molecule has 1 amide bonds. The zero-order valence-corrected chi connectivity index (χ0v) is 30.3. The van der Waals surface area contributed by atoms with Crippen molar-refractivity contribution in [1.29, 1.82) is 0 Å². The lowest BCUT2D eigenvalue weighted by Gasteiger charge is -2.31. The van der Waals surface area contributed by atoms with Gasteiger partial charge in [-0.1, -0.05) is 167 Å². The molecule has 0 saturated heterocycles. The van der Waals surface area contributed by atoms with E-state index >= 15 is 0 Å². The Morgan fingerprint density at radius 1 is 0.783 bits per heavy atom. The number of rotatable bonds is 28. The Bertz CT molecular complexity index is 1060. The monoisotopic (exact) mass is 724 g/mol. The summed E-state index contributed by atoms with van der Waals surface area (Å²) in [6.45, 7) is 2.96. The molecule has 2 atom stereocenters. The number of halogens is 1. The van der Waals surface area contributed by atoms with E-state index in [9.17, 15) is 14.3 Å². The standard InChI is InChI=1S/C36H57BrNO7P/c1-2-3-4-5-6-7-8-9-10-11-12-13-14-21-27-42-32-35(45-46(40,41)44-28-26-37)30-38(29-33-22-17-15-18-23-33)36(39)43-31-34-24-19-16-20-25-34/h15-20,22-25,35H,2-14,21,26-32H2,1H3,(H,40,41)/p-1. The van der Waals surface area contributed by atoms with E-state index in [4.69, 9.17) is 18.5 Å². The molecule has 260 valence electrons. The summed E-state index contributed by atoms with van der Waals surface area (Å²) in [5.41, 5.74) is 1.73. The number of hydrogen-bond acceptors (Lipinski definition) is 7. The van der Waals surface area contributed by atoms with Gasteiger partial charge >= 0.3 is 6.09 Å². The van der Waals surface area contributed by atoms with Crippen LogP contribution < -0.4 is 4.89 Å². The van der Waals surface area contributed by atoms with Gasteiger partial charge in [-0.2, -0.15) is 0 Å². The van der Waals surface area contributed by atoms with Crippen molar-refractivity contribution in [1.82, 2.24) is 4.90 Å². The summed E-state index contributed by atoms with van der Waals surface area (Å²) in [5, 5.41) is 0.342. The predicted molar refractivity (Wildman–Crippen MR) is 187 cm³/mol. The largest absolute Gasteiger partial charge is 0.756 e. The maximum Gasteiger partial charge on any atom is 0.410 e. The fourth-order valence-corrected chi connectivity index (χ4v) is 6.43. The van der Waals surface area contributed by atoms with Gasteiger partial charge in [-0.25, -0.2) is 4.79 Å². The highest BCUT2D eigenvalue weighted by atomic mass is 79.9. The first kappa shape index (κ1) is 40.4. The minimum Gasteiger partial charge on any atom is -0.756 e. The Labute approximate surface area is 286 Å². The Balaban J connectivity index is 1.81. The van der Waals surface area contributed by atoms with E-state index in [0.29, 0.717) is 11.9 Å². The van der Waals surface area contributed by atoms with E-state index in [1.165, 1.54) is 75.5 Å². The van der Waals surface area contributed by atoms with E-state index in [1.54, 1.807) is 0 Å². The Hall–Kier alpha value is -1.74. The van der Waals surface area contributed by atoms with Crippen LogP contribution in [0.5, 0.6) is 0 Å². The molecule has 2 unspecified atom stereocenters. The first-order chi connectivity index (χ1) is 22.4. The molecule has 10 heteroatoms. The molecule has 2 aromatic carbocycles. The summed E-state index contributed by atoms with van der Waals surface area (Å²) in [6.07, 6.45) is 16.3. The van der Waals surface area contributed by atoms with E-state index in [0.717, 1.165) is 30.4 Å². The van der Waals surface area contributed by atoms with Crippen LogP contribution in [-0.2, 0) is 36.2 Å². The molecule has 0 aliphatic carbocycles. The van der Waals surface area contributed by atoms with Crippen LogP contribution in [0.15, 0.2) is 60.7 Å². The third-order valence-electron chi connectivity index (χ3n) is 7.65. The fraction of sp³-hybridized carbons (Fsp3) is 0.639. The minimum absolute atomic E-state index is 0.000395. The molecule has 46 heavy (non-hydrogen) atoms. The number of unbranched alkanes of at least 4 members (excludes halogenated alkanes) is 13. The molecule has 0 N–H and O–H groups in total. The van der Waals surface area contributed by atoms with Gasteiger partial charge in [0, 0.05) is 18.5 Å². The van der Waals surface area contributed by atoms with Gasteiger partial charge in [-0.15, -0.1) is 0 Å². The van der Waals surface area contributed by atoms with Crippen molar-refractivity contribution in [2.45, 2.75) is 116 Å². The van der Waals surface area contributed by atoms with E-state index in [-0.39, 0.29) is 32.9 Å². The lowest BCUT2D eigenvalue weighted by atomic mass is 10.0. The quantitative estimate of drug-likeness (QED) is 0.0490. The normalized spacial score (nSPS) is 13.3. The number of benzene rings is 2. The molecule has 2 aromatic rings. The van der Waals surface area contributed by atoms with Gasteiger partial charge in [-0.05, 0) is 17.5 Å². The van der Waals surface area contributed by atoms with Crippen LogP contribution in [0, 0.1) is 0 Å². The molecule has 0 aromatic heterocycles. The highest BCUT2D eigenvalue weighted by Gasteiger charge is 2.25. The molecule has 0 saturated carbocycles. The second kappa shape index (κ2) is 26.2. The SMILES string of the molecule is CCCCCCCCCCCCCCCCOCC(CN(Cc1ccccc1)C(=O)OCc1ccccc1)OP(=O)([O-])OCCBr. The average Bonchev–Trinajstić information content (AvgIpc) is 3.06. The highest BCUT2D eigenvalue weighted by molar-refractivity contribution is 9.09. The van der Waals surface area contributed by atoms with Gasteiger partial charge in [0.2, 0.25) is 0 Å². The molecule has 0 fully saturated rings. The summed E-state index contributed by atoms with van der Waals surface area (Å²) in [4.78, 5) is 27.3. The molecular weight excluding hydrogens is 669 g/mol. The van der Waals surface area contributed by atoms with Crippen molar-refractivity contribution in [3.05, 3.63) is 71.8 Å². The van der Waals surface area contributed by atoms with E-state index in [1.807, 2.05) is 60.7 Å². The first-order valence-corrected chi connectivity index (χ1v) is 19.8. The van der Waals surface area contributed by atoms with Crippen molar-refractivity contribution in [2.24, 2.45) is 0 Å². The number of amides is 1. The zero-order valence-electron chi connectivity index (χ0n) is 27.8. The Kier molecular flexibility index (Phi) is 23.1. The van der Waals surface area contributed by atoms with Gasteiger partial charge in [0.15, 0.2) is 0 Å². The fourth-order valence-electron chi connectivity index (χ4n) is 5.15. The first-order valence-electron chi connectivity index (χ1n) is 17.2. The second-order valence-corrected chi connectivity index (χ2v) is 13.9. The summed E-state index contributed by atoms with van der Waals surface area (Å²) >= 11 is 3.17. The third kappa shape index (κ3) is 20.5. The van der Waals surface area contributed by atoms with Crippen molar-refractivity contribution in [3.63, 3.8) is 0 Å². The maximum atomic E-state index is 13.2. The average molecular weight is 726 g/mol. The van der Waals surface area contributed by atoms with Gasteiger partial charge in [0.1, 0.15) is 12.7 Å². The summed E-state index contributed by atoms with van der Waals surface area (Å²) in [6, 6.07) is 18.9. The highest BCUT2D eigenvalue weighted by Crippen LogP contribution is 2.40. The molecule has 0 spiro atoms. The molecule has 0 bridgehead atoms. The van der Waals surface area contributed by atoms with Crippen molar-refractivity contribution < 1.29 is 32.8 Å².